The van der Waals surface area contributed by atoms with Gasteiger partial charge in [0.1, 0.15) is 11.1 Å². The Morgan fingerprint density at radius 3 is 2.22 bits per heavy atom. The molecule has 0 spiro atoms. The smallest absolute Gasteiger partial charge is 0.434 e. The molecule has 0 aromatic carbocycles. The third-order valence-corrected chi connectivity index (χ3v) is 4.59. The molecule has 27 heavy (non-hydrogen) atoms. The number of thioether (sulfide) groups is 1. The Hall–Kier alpha value is -1.42. The molecule has 0 saturated heterocycles. The first kappa shape index (κ1) is 23.6. The minimum absolute atomic E-state index is 0.0308. The van der Waals surface area contributed by atoms with E-state index in [1.807, 2.05) is 0 Å². The minimum atomic E-state index is -4.97. The van der Waals surface area contributed by atoms with Crippen molar-refractivity contribution >= 4 is 17.7 Å². The molecule has 0 amide bonds. The number of esters is 1. The van der Waals surface area contributed by atoms with Crippen LogP contribution in [0, 0.1) is 5.92 Å². The number of nitrogens with zero attached hydrogens (tertiary/aromatic N) is 1. The van der Waals surface area contributed by atoms with Crippen LogP contribution in [-0.2, 0) is 22.1 Å². The first-order chi connectivity index (χ1) is 12.4. The molecule has 0 radical (unpaired) electrons. The summed E-state index contributed by atoms with van der Waals surface area (Å²) < 4.78 is 77.5. The van der Waals surface area contributed by atoms with E-state index in [1.165, 1.54) is 6.92 Å². The molecule has 0 aliphatic carbocycles. The van der Waals surface area contributed by atoms with E-state index < -0.39 is 41.0 Å². The standard InChI is InChI=1S/C17H22F5NO3S/c1-6-26-9(4)27-13-10(7-8(2)3)11(16(24)25-5)12(15(18)19)23-14(13)17(20,21)22/h8-9,15H,6-7H2,1-5H3. The molecule has 0 aliphatic heterocycles. The van der Waals surface area contributed by atoms with Gasteiger partial charge in [-0.1, -0.05) is 25.6 Å². The van der Waals surface area contributed by atoms with E-state index in [2.05, 4.69) is 9.72 Å². The highest BCUT2D eigenvalue weighted by molar-refractivity contribution is 7.99. The molecular formula is C17H22F5NO3S. The van der Waals surface area contributed by atoms with E-state index in [0.29, 0.717) is 11.8 Å². The van der Waals surface area contributed by atoms with Gasteiger partial charge in [-0.05, 0) is 31.7 Å². The van der Waals surface area contributed by atoms with E-state index in [0.717, 1.165) is 7.11 Å². The number of alkyl halides is 5. The lowest BCUT2D eigenvalue weighted by molar-refractivity contribution is -0.143. The van der Waals surface area contributed by atoms with Crippen molar-refractivity contribution in [3.63, 3.8) is 0 Å². The zero-order chi connectivity index (χ0) is 20.9. The highest BCUT2D eigenvalue weighted by Gasteiger charge is 2.41. The Balaban J connectivity index is 3.88. The van der Waals surface area contributed by atoms with E-state index in [1.54, 1.807) is 20.8 Å². The van der Waals surface area contributed by atoms with Crippen LogP contribution in [0.5, 0.6) is 0 Å². The zero-order valence-corrected chi connectivity index (χ0v) is 16.4. The van der Waals surface area contributed by atoms with Crippen molar-refractivity contribution in [2.45, 2.75) is 57.0 Å². The van der Waals surface area contributed by atoms with Gasteiger partial charge in [0, 0.05) is 11.5 Å². The van der Waals surface area contributed by atoms with Crippen LogP contribution in [0.25, 0.3) is 0 Å². The largest absolute Gasteiger partial charge is 0.465 e. The van der Waals surface area contributed by atoms with Gasteiger partial charge in [-0.2, -0.15) is 13.2 Å². The summed E-state index contributed by atoms with van der Waals surface area (Å²) in [5.41, 5.74) is -4.13. The summed E-state index contributed by atoms with van der Waals surface area (Å²) in [6.07, 6.45) is -8.37. The lowest BCUT2D eigenvalue weighted by atomic mass is 9.96. The molecule has 0 bridgehead atoms. The van der Waals surface area contributed by atoms with Gasteiger partial charge >= 0.3 is 12.1 Å². The second-order valence-electron chi connectivity index (χ2n) is 6.06. The number of rotatable bonds is 8. The summed E-state index contributed by atoms with van der Waals surface area (Å²) >= 11 is 0.695. The highest BCUT2D eigenvalue weighted by atomic mass is 32.2. The Labute approximate surface area is 158 Å². The fraction of sp³-hybridized carbons (Fsp3) is 0.647. The number of aromatic nitrogens is 1. The molecule has 0 saturated carbocycles. The zero-order valence-electron chi connectivity index (χ0n) is 15.6. The molecule has 1 rings (SSSR count). The fourth-order valence-electron chi connectivity index (χ4n) is 2.48. The van der Waals surface area contributed by atoms with Crippen molar-refractivity contribution in [3.8, 4) is 0 Å². The Morgan fingerprint density at radius 2 is 1.81 bits per heavy atom. The van der Waals surface area contributed by atoms with Crippen LogP contribution in [0.15, 0.2) is 4.90 Å². The lowest BCUT2D eigenvalue weighted by Crippen LogP contribution is -2.21. The highest BCUT2D eigenvalue weighted by Crippen LogP contribution is 2.43. The Bertz CT molecular complexity index is 665. The summed E-state index contributed by atoms with van der Waals surface area (Å²) in [6, 6.07) is 0. The van der Waals surface area contributed by atoms with Crippen LogP contribution in [0.1, 0.15) is 61.4 Å². The van der Waals surface area contributed by atoms with E-state index in [9.17, 15) is 26.7 Å². The molecule has 154 valence electrons. The summed E-state index contributed by atoms with van der Waals surface area (Å²) in [6.45, 7) is 6.87. The molecule has 1 aromatic heterocycles. The quantitative estimate of drug-likeness (QED) is 0.243. The van der Waals surface area contributed by atoms with Crippen LogP contribution in [-0.4, -0.2) is 30.1 Å². The number of halogens is 5. The van der Waals surface area contributed by atoms with Crippen molar-refractivity contribution in [2.24, 2.45) is 5.92 Å². The monoisotopic (exact) mass is 415 g/mol. The third-order valence-electron chi connectivity index (χ3n) is 3.44. The van der Waals surface area contributed by atoms with Gasteiger partial charge in [0.15, 0.2) is 5.69 Å². The molecule has 1 atom stereocenters. The van der Waals surface area contributed by atoms with Crippen LogP contribution in [0.4, 0.5) is 22.0 Å². The Kier molecular flexibility index (Phi) is 8.47. The summed E-state index contributed by atoms with van der Waals surface area (Å²) in [7, 11) is 0.976. The molecule has 0 aliphatic rings. The number of methoxy groups -OCH3 is 1. The van der Waals surface area contributed by atoms with Crippen LogP contribution >= 0.6 is 11.8 Å². The molecule has 1 heterocycles. The molecule has 4 nitrogen and oxygen atoms in total. The lowest BCUT2D eigenvalue weighted by Gasteiger charge is -2.23. The maximum Gasteiger partial charge on any atom is 0.434 e. The van der Waals surface area contributed by atoms with Crippen molar-refractivity contribution in [1.29, 1.82) is 0 Å². The number of hydrogen-bond acceptors (Lipinski definition) is 5. The number of hydrogen-bond donors (Lipinski definition) is 0. The molecule has 0 fully saturated rings. The van der Waals surface area contributed by atoms with E-state index >= 15 is 0 Å². The first-order valence-corrected chi connectivity index (χ1v) is 9.10. The van der Waals surface area contributed by atoms with E-state index in [4.69, 9.17) is 4.74 Å². The normalized spacial score (nSPS) is 13.3. The van der Waals surface area contributed by atoms with Crippen molar-refractivity contribution < 1.29 is 36.2 Å². The predicted molar refractivity (Wildman–Crippen MR) is 91.0 cm³/mol. The third kappa shape index (κ3) is 6.03. The summed E-state index contributed by atoms with van der Waals surface area (Å²) in [5.74, 6) is -1.35. The molecular weight excluding hydrogens is 393 g/mol. The number of ether oxygens (including phenoxy) is 2. The predicted octanol–water partition coefficient (Wildman–Crippen LogP) is 5.50. The maximum absolute atomic E-state index is 13.6. The molecule has 1 unspecified atom stereocenters. The summed E-state index contributed by atoms with van der Waals surface area (Å²) in [5, 5.41) is 0. The SMILES string of the molecule is CCOC(C)Sc1c(C(F)(F)F)nc(C(F)F)c(C(=O)OC)c1CC(C)C. The van der Waals surface area contributed by atoms with Crippen LogP contribution in [0.3, 0.4) is 0 Å². The average molecular weight is 415 g/mol. The van der Waals surface area contributed by atoms with Gasteiger partial charge in [-0.15, -0.1) is 0 Å². The number of pyridine rings is 1. The van der Waals surface area contributed by atoms with Gasteiger partial charge < -0.3 is 9.47 Å². The van der Waals surface area contributed by atoms with Crippen LogP contribution < -0.4 is 0 Å². The van der Waals surface area contributed by atoms with Gasteiger partial charge in [0.2, 0.25) is 0 Å². The van der Waals surface area contributed by atoms with Gasteiger partial charge in [0.05, 0.1) is 12.7 Å². The van der Waals surface area contributed by atoms with Gasteiger partial charge in [-0.25, -0.2) is 18.6 Å². The molecule has 1 aromatic rings. The van der Waals surface area contributed by atoms with Crippen molar-refractivity contribution in [1.82, 2.24) is 4.98 Å². The number of carbonyl (C=O) groups is 1. The average Bonchev–Trinajstić information content (AvgIpc) is 2.53. The van der Waals surface area contributed by atoms with Gasteiger partial charge in [-0.3, -0.25) is 0 Å². The van der Waals surface area contributed by atoms with Gasteiger partial charge in [0.25, 0.3) is 6.43 Å². The van der Waals surface area contributed by atoms with Crippen molar-refractivity contribution in [2.75, 3.05) is 13.7 Å². The Morgan fingerprint density at radius 1 is 1.22 bits per heavy atom. The first-order valence-electron chi connectivity index (χ1n) is 8.22. The van der Waals surface area contributed by atoms with Crippen molar-refractivity contribution in [3.05, 3.63) is 22.5 Å². The maximum atomic E-state index is 13.6. The van der Waals surface area contributed by atoms with E-state index in [-0.39, 0.29) is 29.4 Å². The second kappa shape index (κ2) is 9.68. The summed E-state index contributed by atoms with van der Waals surface area (Å²) in [4.78, 5) is 14.9. The molecule has 0 N–H and O–H groups in total. The topological polar surface area (TPSA) is 48.4 Å². The minimum Gasteiger partial charge on any atom is -0.465 e. The number of carbonyl (C=O) groups excluding carboxylic acids is 1. The molecule has 10 heteroatoms. The fourth-order valence-corrected chi connectivity index (χ4v) is 3.62. The second-order valence-corrected chi connectivity index (χ2v) is 7.36. The van der Waals surface area contributed by atoms with Crippen LogP contribution in [0.2, 0.25) is 0 Å².